The molecule has 2 aliphatic rings. The van der Waals surface area contributed by atoms with Gasteiger partial charge in [-0.05, 0) is 38.5 Å². The normalized spacial score (nSPS) is 18.7. The fourth-order valence-corrected chi connectivity index (χ4v) is 5.81. The van der Waals surface area contributed by atoms with Crippen LogP contribution >= 0.6 is 7.82 Å². The van der Waals surface area contributed by atoms with Gasteiger partial charge in [0.05, 0.1) is 23.2 Å². The number of fused-ring (bicyclic) bond motifs is 2. The van der Waals surface area contributed by atoms with Crippen LogP contribution in [0.15, 0.2) is 63.8 Å². The number of aliphatic carboxylic acids is 1. The second-order valence-corrected chi connectivity index (χ2v) is 12.4. The number of carboxylic acid groups (broad SMARTS) is 1. The number of ketones is 1. The van der Waals surface area contributed by atoms with Crippen molar-refractivity contribution in [3.05, 3.63) is 70.5 Å². The van der Waals surface area contributed by atoms with Gasteiger partial charge in [-0.3, -0.25) is 19.4 Å². The van der Waals surface area contributed by atoms with Gasteiger partial charge in [0.2, 0.25) is 5.78 Å². The molecule has 0 amide bonds. The number of hydrogen-bond donors (Lipinski definition) is 3. The zero-order valence-corrected chi connectivity index (χ0v) is 24.9. The number of benzene rings is 1. The Bertz CT molecular complexity index is 1950. The number of aromatic nitrogens is 1. The highest BCUT2D eigenvalue weighted by Crippen LogP contribution is 2.49. The number of allylic oxidation sites excluding steroid dienone is 2. The van der Waals surface area contributed by atoms with Crippen LogP contribution in [0, 0.1) is 0 Å². The van der Waals surface area contributed by atoms with Gasteiger partial charge in [0.15, 0.2) is 18.1 Å². The maximum atomic E-state index is 14.0. The molecule has 46 heavy (non-hydrogen) atoms. The van der Waals surface area contributed by atoms with E-state index in [0.717, 1.165) is 17.0 Å². The smallest absolute Gasteiger partial charge is 0.524 e. The molecule has 1 aromatic carbocycles. The van der Waals surface area contributed by atoms with Crippen molar-refractivity contribution < 1.29 is 65.2 Å². The second-order valence-electron chi connectivity index (χ2n) is 11.3. The minimum Gasteiger partial charge on any atom is -0.867 e. The van der Waals surface area contributed by atoms with Gasteiger partial charge in [-0.1, -0.05) is 0 Å². The lowest BCUT2D eigenvalue weighted by Gasteiger charge is -2.43. The van der Waals surface area contributed by atoms with Crippen molar-refractivity contribution in [2.75, 3.05) is 11.4 Å². The molecule has 1 aliphatic carbocycles. The highest BCUT2D eigenvalue weighted by Gasteiger charge is 2.65. The Morgan fingerprint density at radius 2 is 1.72 bits per heavy atom. The molecular formula is C29H25F4N2O10P. The Morgan fingerprint density at radius 1 is 1.09 bits per heavy atom. The van der Waals surface area contributed by atoms with E-state index < -0.39 is 60.5 Å². The molecule has 0 bridgehead atoms. The number of carbonyl (C=O) groups excluding carboxylic acids is 1. The molecule has 5 rings (SSSR count). The lowest BCUT2D eigenvalue weighted by Crippen LogP contribution is -2.57. The first kappa shape index (κ1) is 32.9. The van der Waals surface area contributed by atoms with Crippen molar-refractivity contribution in [3.63, 3.8) is 0 Å². The average Bonchev–Trinajstić information content (AvgIpc) is 2.94. The molecule has 0 atom stereocenters. The summed E-state index contributed by atoms with van der Waals surface area (Å²) < 4.78 is 78.5. The molecular weight excluding hydrogens is 643 g/mol. The van der Waals surface area contributed by atoms with Gasteiger partial charge >= 0.3 is 31.3 Å². The monoisotopic (exact) mass is 668 g/mol. The Balaban J connectivity index is 1.58. The summed E-state index contributed by atoms with van der Waals surface area (Å²) in [6, 6.07) is 6.70. The molecule has 0 saturated carbocycles. The summed E-state index contributed by atoms with van der Waals surface area (Å²) in [5.74, 6) is -15.9. The minimum atomic E-state index is -5.24. The maximum absolute atomic E-state index is 14.0. The topological polar surface area (TPSA) is 182 Å². The van der Waals surface area contributed by atoms with Crippen molar-refractivity contribution in [2.24, 2.45) is 0 Å². The Morgan fingerprint density at radius 3 is 2.33 bits per heavy atom. The number of carbonyl (C=O) groups is 2. The molecule has 17 heteroatoms. The lowest BCUT2D eigenvalue weighted by molar-refractivity contribution is -0.590. The number of phosphoric ester groups is 1. The van der Waals surface area contributed by atoms with Gasteiger partial charge in [-0.2, -0.15) is 22.1 Å². The van der Waals surface area contributed by atoms with E-state index in [1.54, 1.807) is 18.7 Å². The summed E-state index contributed by atoms with van der Waals surface area (Å²) in [5, 5.41) is 21.5. The first-order valence-electron chi connectivity index (χ1n) is 13.5. The zero-order valence-electron chi connectivity index (χ0n) is 24.0. The number of phosphoric acid groups is 1. The minimum absolute atomic E-state index is 0.0555. The molecule has 0 radical (unpaired) electrons. The fraction of sp³-hybridized carbons (Fsp3) is 0.310. The van der Waals surface area contributed by atoms with Gasteiger partial charge in [-0.25, -0.2) is 9.36 Å². The molecule has 3 heterocycles. The average molecular weight is 668 g/mol. The van der Waals surface area contributed by atoms with Gasteiger partial charge in [0.1, 0.15) is 11.3 Å². The molecule has 0 unspecified atom stereocenters. The molecule has 3 N–H and O–H groups in total. The van der Waals surface area contributed by atoms with Gasteiger partial charge in [0.25, 0.3) is 0 Å². The number of hydrogen-bond acceptors (Lipinski definition) is 8. The predicted octanol–water partition coefficient (Wildman–Crippen LogP) is 3.43. The van der Waals surface area contributed by atoms with Crippen molar-refractivity contribution in [1.29, 1.82) is 0 Å². The number of anilines is 1. The standard InChI is InChI=1S/C29H25F4N2O10P/c1-27(2)14-22(45-46(41,42)43)18-11-16-10-17(26(40)44-21(16)12-19(18)35(27)7-3-4-24(37)38)15-5-8-34(9-6-15)20-13-23(36)28(30,31)29(32,33)25(20)39/h5-6,8-12,14H,3-4,7,13H2,1-2H3,(H3-,37,38,39,41,42,43). The number of rotatable bonds is 8. The van der Waals surface area contributed by atoms with Gasteiger partial charge in [0, 0.05) is 53.4 Å². The Kier molecular flexibility index (Phi) is 7.91. The Labute approximate surface area is 256 Å². The van der Waals surface area contributed by atoms with Crippen LogP contribution in [0.5, 0.6) is 0 Å². The molecule has 0 spiro atoms. The first-order chi connectivity index (χ1) is 21.2. The number of nitrogens with zero attached hydrogens (tertiary/aromatic N) is 2. The summed E-state index contributed by atoms with van der Waals surface area (Å²) in [7, 11) is -5.04. The fourth-order valence-electron chi connectivity index (χ4n) is 5.40. The summed E-state index contributed by atoms with van der Waals surface area (Å²) >= 11 is 0. The van der Waals surface area contributed by atoms with E-state index in [2.05, 4.69) is 0 Å². The van der Waals surface area contributed by atoms with Crippen LogP contribution in [0.25, 0.3) is 33.6 Å². The van der Waals surface area contributed by atoms with Crippen LogP contribution < -0.4 is 20.2 Å². The van der Waals surface area contributed by atoms with Crippen LogP contribution in [0.4, 0.5) is 23.2 Å². The van der Waals surface area contributed by atoms with Gasteiger partial charge < -0.3 is 24.1 Å². The predicted molar refractivity (Wildman–Crippen MR) is 150 cm³/mol. The van der Waals surface area contributed by atoms with Crippen LogP contribution in [0.1, 0.15) is 38.7 Å². The van der Waals surface area contributed by atoms with E-state index in [9.17, 15) is 51.4 Å². The van der Waals surface area contributed by atoms with Crippen LogP contribution in [0.2, 0.25) is 0 Å². The molecule has 3 aromatic rings. The van der Waals surface area contributed by atoms with Gasteiger partial charge in [-0.15, -0.1) is 0 Å². The summed E-state index contributed by atoms with van der Waals surface area (Å²) in [4.78, 5) is 56.8. The second kappa shape index (κ2) is 11.1. The third kappa shape index (κ3) is 5.79. The number of Topliss-reactive ketones (excluding diaryl/α,β-unsaturated/α-hetero) is 1. The highest BCUT2D eigenvalue weighted by molar-refractivity contribution is 7.46. The summed E-state index contributed by atoms with van der Waals surface area (Å²) in [6.45, 7) is 3.64. The zero-order chi connectivity index (χ0) is 34.0. The molecule has 0 saturated heterocycles. The van der Waals surface area contributed by atoms with Crippen LogP contribution in [-0.4, -0.2) is 50.6 Å². The summed E-state index contributed by atoms with van der Waals surface area (Å²) in [5.41, 5.74) is -1.99. The number of pyridine rings is 1. The third-order valence-corrected chi connectivity index (χ3v) is 8.08. The molecule has 12 nitrogen and oxygen atoms in total. The third-order valence-electron chi connectivity index (χ3n) is 7.65. The molecule has 1 aliphatic heterocycles. The van der Waals surface area contributed by atoms with E-state index in [-0.39, 0.29) is 52.8 Å². The van der Waals surface area contributed by atoms with Crippen molar-refractivity contribution in [2.45, 2.75) is 50.5 Å². The first-order valence-corrected chi connectivity index (χ1v) is 15.1. The largest absolute Gasteiger partial charge is 0.867 e. The number of halogens is 4. The van der Waals surface area contributed by atoms with E-state index in [1.165, 1.54) is 36.4 Å². The molecule has 2 aromatic heterocycles. The molecule has 0 fully saturated rings. The Hall–Kier alpha value is -4.53. The lowest BCUT2D eigenvalue weighted by atomic mass is 9.91. The maximum Gasteiger partial charge on any atom is 0.524 e. The van der Waals surface area contributed by atoms with Crippen molar-refractivity contribution in [1.82, 2.24) is 0 Å². The SMILES string of the molecule is CC1(C)C=C(OP(=O)(O)O)c2cc3cc(-c4cc[n+](C5=C([O-])C(F)(F)C(F)(F)C(=O)C5)cc4)c(=O)oc3cc2N1CCCC(=O)O. The van der Waals surface area contributed by atoms with Crippen molar-refractivity contribution in [3.8, 4) is 11.1 Å². The summed E-state index contributed by atoms with van der Waals surface area (Å²) in [6.07, 6.45) is 2.36. The number of carboxylic acids is 1. The van der Waals surface area contributed by atoms with Crippen LogP contribution in [0.3, 0.4) is 0 Å². The quantitative estimate of drug-likeness (QED) is 0.138. The molecule has 244 valence electrons. The highest BCUT2D eigenvalue weighted by atomic mass is 31.2. The van der Waals surface area contributed by atoms with E-state index in [1.807, 2.05) is 0 Å². The number of alkyl halides is 4. The van der Waals surface area contributed by atoms with E-state index in [0.29, 0.717) is 5.69 Å². The van der Waals surface area contributed by atoms with Crippen molar-refractivity contribution >= 4 is 47.7 Å². The van der Waals surface area contributed by atoms with E-state index in [4.69, 9.17) is 14.0 Å². The van der Waals surface area contributed by atoms with E-state index >= 15 is 0 Å². The van der Waals surface area contributed by atoms with Crippen LogP contribution in [-0.2, 0) is 18.7 Å².